The van der Waals surface area contributed by atoms with Crippen molar-refractivity contribution >= 4 is 16.6 Å². The topological polar surface area (TPSA) is 38.9 Å². The SMILES string of the molecule is C.C.Cc1cc2c(N)c(C)c(C)nc2c(C)c1C. The van der Waals surface area contributed by atoms with Crippen LogP contribution in [0.15, 0.2) is 6.07 Å². The first-order chi connectivity index (χ1) is 7.43. The number of hydrogen-bond acceptors (Lipinski definition) is 2. The number of fused-ring (bicyclic) bond motifs is 1. The van der Waals surface area contributed by atoms with Crippen molar-refractivity contribution in [3.63, 3.8) is 0 Å². The molecule has 0 aliphatic heterocycles. The first kappa shape index (κ1) is 16.4. The van der Waals surface area contributed by atoms with E-state index in [1.807, 2.05) is 13.8 Å². The second-order valence-corrected chi connectivity index (χ2v) is 4.58. The largest absolute Gasteiger partial charge is 0.398 e. The lowest BCUT2D eigenvalue weighted by molar-refractivity contribution is 1.17. The van der Waals surface area contributed by atoms with Crippen molar-refractivity contribution in [1.29, 1.82) is 0 Å². The van der Waals surface area contributed by atoms with Crippen molar-refractivity contribution in [1.82, 2.24) is 4.98 Å². The number of nitrogen functional groups attached to an aromatic ring is 1. The van der Waals surface area contributed by atoms with Crippen LogP contribution in [0.2, 0.25) is 0 Å². The molecule has 2 nitrogen and oxygen atoms in total. The van der Waals surface area contributed by atoms with E-state index in [1.165, 1.54) is 16.7 Å². The molecule has 0 aliphatic carbocycles. The van der Waals surface area contributed by atoms with Gasteiger partial charge in [0.05, 0.1) is 5.52 Å². The van der Waals surface area contributed by atoms with E-state index in [4.69, 9.17) is 5.73 Å². The molecule has 1 aromatic carbocycles. The molecule has 2 rings (SSSR count). The summed E-state index contributed by atoms with van der Waals surface area (Å²) in [7, 11) is 0. The van der Waals surface area contributed by atoms with Gasteiger partial charge in [-0.25, -0.2) is 0 Å². The minimum Gasteiger partial charge on any atom is -0.398 e. The Bertz CT molecular complexity index is 530. The van der Waals surface area contributed by atoms with Crippen molar-refractivity contribution in [2.24, 2.45) is 0 Å². The van der Waals surface area contributed by atoms with Gasteiger partial charge < -0.3 is 5.73 Å². The van der Waals surface area contributed by atoms with Gasteiger partial charge in [0.1, 0.15) is 0 Å². The van der Waals surface area contributed by atoms with Gasteiger partial charge >= 0.3 is 0 Å². The van der Waals surface area contributed by atoms with Crippen LogP contribution in [0.1, 0.15) is 42.8 Å². The van der Waals surface area contributed by atoms with E-state index in [0.29, 0.717) is 0 Å². The van der Waals surface area contributed by atoms with Crippen LogP contribution in [0.3, 0.4) is 0 Å². The maximum atomic E-state index is 6.17. The Labute approximate surface area is 111 Å². The van der Waals surface area contributed by atoms with Crippen LogP contribution in [0.4, 0.5) is 5.69 Å². The second-order valence-electron chi connectivity index (χ2n) is 4.58. The molecule has 100 valence electrons. The normalized spacial score (nSPS) is 9.83. The Morgan fingerprint density at radius 1 is 0.889 bits per heavy atom. The minimum absolute atomic E-state index is 0. The Morgan fingerprint density at radius 2 is 1.44 bits per heavy atom. The van der Waals surface area contributed by atoms with E-state index >= 15 is 0 Å². The molecule has 0 unspecified atom stereocenters. The van der Waals surface area contributed by atoms with E-state index in [2.05, 4.69) is 31.8 Å². The van der Waals surface area contributed by atoms with Crippen LogP contribution in [0.5, 0.6) is 0 Å². The van der Waals surface area contributed by atoms with Crippen molar-refractivity contribution in [2.75, 3.05) is 5.73 Å². The lowest BCUT2D eigenvalue weighted by Crippen LogP contribution is -2.00. The van der Waals surface area contributed by atoms with Gasteiger partial charge in [0.25, 0.3) is 0 Å². The average Bonchev–Trinajstić information content (AvgIpc) is 2.25. The number of pyridine rings is 1. The summed E-state index contributed by atoms with van der Waals surface area (Å²) in [6.07, 6.45) is 0. The third kappa shape index (κ3) is 2.20. The van der Waals surface area contributed by atoms with Crippen LogP contribution in [-0.2, 0) is 0 Å². The maximum Gasteiger partial charge on any atom is 0.0758 e. The molecule has 2 heteroatoms. The molecule has 0 spiro atoms. The van der Waals surface area contributed by atoms with Crippen molar-refractivity contribution in [2.45, 2.75) is 49.5 Å². The summed E-state index contributed by atoms with van der Waals surface area (Å²) in [5.74, 6) is 0. The van der Waals surface area contributed by atoms with Gasteiger partial charge in [0.2, 0.25) is 0 Å². The summed E-state index contributed by atoms with van der Waals surface area (Å²) < 4.78 is 0. The third-order valence-electron chi connectivity index (χ3n) is 3.64. The fourth-order valence-electron chi connectivity index (χ4n) is 2.07. The number of aromatic nitrogens is 1. The van der Waals surface area contributed by atoms with Gasteiger partial charge in [0.15, 0.2) is 0 Å². The number of benzene rings is 1. The van der Waals surface area contributed by atoms with Gasteiger partial charge in [-0.05, 0) is 62.9 Å². The van der Waals surface area contributed by atoms with E-state index in [1.54, 1.807) is 0 Å². The van der Waals surface area contributed by atoms with Crippen LogP contribution >= 0.6 is 0 Å². The molecule has 1 heterocycles. The van der Waals surface area contributed by atoms with Crippen LogP contribution in [0.25, 0.3) is 10.9 Å². The summed E-state index contributed by atoms with van der Waals surface area (Å²) in [6, 6.07) is 2.15. The van der Waals surface area contributed by atoms with Crippen molar-refractivity contribution in [3.8, 4) is 0 Å². The van der Waals surface area contributed by atoms with Crippen LogP contribution < -0.4 is 5.73 Å². The molecule has 2 N–H and O–H groups in total. The number of rotatable bonds is 0. The van der Waals surface area contributed by atoms with E-state index in [0.717, 1.165) is 27.8 Å². The Morgan fingerprint density at radius 3 is 2.00 bits per heavy atom. The molecule has 18 heavy (non-hydrogen) atoms. The van der Waals surface area contributed by atoms with Crippen molar-refractivity contribution in [3.05, 3.63) is 34.0 Å². The average molecular weight is 246 g/mol. The molecule has 0 saturated carbocycles. The molecule has 0 bridgehead atoms. The Kier molecular flexibility index (Phi) is 4.91. The zero-order valence-electron chi connectivity index (χ0n) is 10.6. The lowest BCUT2D eigenvalue weighted by Gasteiger charge is -2.13. The van der Waals surface area contributed by atoms with Gasteiger partial charge in [-0.3, -0.25) is 4.98 Å². The first-order valence-corrected chi connectivity index (χ1v) is 5.56. The molecular weight excluding hydrogens is 220 g/mol. The molecule has 0 amide bonds. The zero-order chi connectivity index (χ0) is 12.0. The maximum absolute atomic E-state index is 6.17. The van der Waals surface area contributed by atoms with Gasteiger partial charge in [-0.15, -0.1) is 0 Å². The highest BCUT2D eigenvalue weighted by Crippen LogP contribution is 2.30. The molecule has 0 aliphatic rings. The van der Waals surface area contributed by atoms with E-state index in [9.17, 15) is 0 Å². The smallest absolute Gasteiger partial charge is 0.0758 e. The molecular formula is C16H26N2. The van der Waals surface area contributed by atoms with Gasteiger partial charge in [-0.1, -0.05) is 14.9 Å². The fourth-order valence-corrected chi connectivity index (χ4v) is 2.07. The monoisotopic (exact) mass is 246 g/mol. The predicted molar refractivity (Wildman–Crippen MR) is 83.3 cm³/mol. The van der Waals surface area contributed by atoms with Crippen LogP contribution in [0, 0.1) is 34.6 Å². The molecule has 0 saturated heterocycles. The molecule has 2 aromatic rings. The first-order valence-electron chi connectivity index (χ1n) is 5.56. The standard InChI is InChI=1S/C14H18N2.2CH4/c1-7-6-12-13(15)10(4)11(5)16-14(12)9(3)8(7)2;;/h6H,1-5H3,(H2,15,16);2*1H4. The van der Waals surface area contributed by atoms with E-state index < -0.39 is 0 Å². The minimum atomic E-state index is 0. The molecule has 0 radical (unpaired) electrons. The Hall–Kier alpha value is -1.57. The lowest BCUT2D eigenvalue weighted by atomic mass is 9.97. The number of anilines is 1. The van der Waals surface area contributed by atoms with Crippen LogP contribution in [-0.4, -0.2) is 4.98 Å². The number of nitrogens with two attached hydrogens (primary N) is 1. The number of nitrogens with zero attached hydrogens (tertiary/aromatic N) is 1. The zero-order valence-corrected chi connectivity index (χ0v) is 10.6. The van der Waals surface area contributed by atoms with Gasteiger partial charge in [-0.2, -0.15) is 0 Å². The summed E-state index contributed by atoms with van der Waals surface area (Å²) in [6.45, 7) is 10.4. The summed E-state index contributed by atoms with van der Waals surface area (Å²) in [5, 5.41) is 1.09. The molecule has 0 atom stereocenters. The predicted octanol–water partition coefficient (Wildman–Crippen LogP) is 4.63. The highest BCUT2D eigenvalue weighted by molar-refractivity contribution is 5.95. The number of aryl methyl sites for hydroxylation is 3. The summed E-state index contributed by atoms with van der Waals surface area (Å²) in [5.41, 5.74) is 14.0. The fraction of sp³-hybridized carbons (Fsp3) is 0.438. The second kappa shape index (κ2) is 5.38. The highest BCUT2D eigenvalue weighted by Gasteiger charge is 2.11. The number of hydrogen-bond donors (Lipinski definition) is 1. The van der Waals surface area contributed by atoms with Crippen molar-refractivity contribution < 1.29 is 0 Å². The molecule has 1 aromatic heterocycles. The quantitative estimate of drug-likeness (QED) is 0.736. The Balaban J connectivity index is 0.00000144. The summed E-state index contributed by atoms with van der Waals surface area (Å²) in [4.78, 5) is 4.66. The molecule has 0 fully saturated rings. The summed E-state index contributed by atoms with van der Waals surface area (Å²) >= 11 is 0. The third-order valence-corrected chi connectivity index (χ3v) is 3.64. The van der Waals surface area contributed by atoms with Gasteiger partial charge in [0, 0.05) is 16.8 Å². The highest BCUT2D eigenvalue weighted by atomic mass is 14.7. The van der Waals surface area contributed by atoms with E-state index in [-0.39, 0.29) is 14.9 Å².